The maximum absolute atomic E-state index is 14.0. The number of carbonyl (C=O) groups is 1. The van der Waals surface area contributed by atoms with E-state index in [4.69, 9.17) is 9.47 Å². The second-order valence-electron chi connectivity index (χ2n) is 8.77. The molecule has 8 nitrogen and oxygen atoms in total. The first kappa shape index (κ1) is 23.1. The number of carbonyl (C=O) groups excluding carboxylic acids is 1. The molecule has 0 radical (unpaired) electrons. The minimum Gasteiger partial charge on any atom is -0.486 e. The number of benzene rings is 2. The van der Waals surface area contributed by atoms with Crippen LogP contribution in [0.1, 0.15) is 18.4 Å². The molecule has 3 aliphatic rings. The minimum absolute atomic E-state index is 0.103. The molecule has 5 rings (SSSR count). The molecule has 0 N–H and O–H groups in total. The second-order valence-corrected chi connectivity index (χ2v) is 10.7. The Bertz CT molecular complexity index is 1170. The fourth-order valence-electron chi connectivity index (χ4n) is 4.80. The van der Waals surface area contributed by atoms with Gasteiger partial charge in [0.25, 0.3) is 0 Å². The lowest BCUT2D eigenvalue weighted by Crippen LogP contribution is -2.54. The van der Waals surface area contributed by atoms with E-state index in [9.17, 15) is 17.6 Å². The number of rotatable bonds is 5. The van der Waals surface area contributed by atoms with Crippen LogP contribution in [0, 0.1) is 5.82 Å². The second kappa shape index (κ2) is 9.52. The van der Waals surface area contributed by atoms with E-state index >= 15 is 0 Å². The molecule has 10 heteroatoms. The lowest BCUT2D eigenvalue weighted by atomic mass is 10.1. The first-order valence-corrected chi connectivity index (χ1v) is 13.0. The Morgan fingerprint density at radius 2 is 1.71 bits per heavy atom. The van der Waals surface area contributed by atoms with Crippen molar-refractivity contribution in [3.8, 4) is 11.5 Å². The number of ether oxygens (including phenoxy) is 2. The van der Waals surface area contributed by atoms with E-state index in [1.165, 1.54) is 22.5 Å². The SMILES string of the molecule is O=C(C1CCCN1S(=O)(=O)c1ccc2c(c1)OCCO2)N1CCN(Cc2ccccc2F)CC1. The molecule has 1 atom stereocenters. The predicted octanol–water partition coefficient (Wildman–Crippen LogP) is 2.09. The third kappa shape index (κ3) is 4.49. The summed E-state index contributed by atoms with van der Waals surface area (Å²) in [4.78, 5) is 17.3. The van der Waals surface area contributed by atoms with E-state index < -0.39 is 16.1 Å². The fraction of sp³-hybridized carbons (Fsp3) is 0.458. The van der Waals surface area contributed by atoms with E-state index in [1.54, 1.807) is 23.1 Å². The lowest BCUT2D eigenvalue weighted by molar-refractivity contribution is -0.136. The maximum Gasteiger partial charge on any atom is 0.243 e. The van der Waals surface area contributed by atoms with Crippen LogP contribution < -0.4 is 9.47 Å². The third-order valence-corrected chi connectivity index (χ3v) is 8.55. The number of piperazine rings is 1. The van der Waals surface area contributed by atoms with Crippen molar-refractivity contribution in [3.63, 3.8) is 0 Å². The average molecular weight is 490 g/mol. The summed E-state index contributed by atoms with van der Waals surface area (Å²) in [5.74, 6) is 0.531. The van der Waals surface area contributed by atoms with Crippen molar-refractivity contribution >= 4 is 15.9 Å². The van der Waals surface area contributed by atoms with Gasteiger partial charge < -0.3 is 14.4 Å². The van der Waals surface area contributed by atoms with Crippen molar-refractivity contribution < 1.29 is 27.1 Å². The van der Waals surface area contributed by atoms with Crippen LogP contribution in [-0.4, -0.2) is 80.4 Å². The third-order valence-electron chi connectivity index (χ3n) is 6.64. The molecule has 0 bridgehead atoms. The van der Waals surface area contributed by atoms with E-state index in [1.807, 2.05) is 6.07 Å². The molecule has 0 saturated carbocycles. The molecule has 1 amide bonds. The Hall–Kier alpha value is -2.69. The Kier molecular flexibility index (Phi) is 6.46. The molecule has 34 heavy (non-hydrogen) atoms. The Balaban J connectivity index is 1.25. The quantitative estimate of drug-likeness (QED) is 0.640. The molecule has 2 aromatic carbocycles. The van der Waals surface area contributed by atoms with Crippen LogP contribution in [-0.2, 0) is 21.4 Å². The number of fused-ring (bicyclic) bond motifs is 1. The Morgan fingerprint density at radius 3 is 2.47 bits per heavy atom. The molecule has 0 spiro atoms. The molecule has 2 aromatic rings. The van der Waals surface area contributed by atoms with Crippen LogP contribution in [0.4, 0.5) is 4.39 Å². The highest BCUT2D eigenvalue weighted by atomic mass is 32.2. The van der Waals surface area contributed by atoms with E-state index in [2.05, 4.69) is 4.90 Å². The molecular formula is C24H28FN3O5S. The van der Waals surface area contributed by atoms with Crippen molar-refractivity contribution in [3.05, 3.63) is 53.8 Å². The number of hydrogen-bond acceptors (Lipinski definition) is 6. The summed E-state index contributed by atoms with van der Waals surface area (Å²) < 4.78 is 53.2. The number of sulfonamides is 1. The lowest BCUT2D eigenvalue weighted by Gasteiger charge is -2.37. The van der Waals surface area contributed by atoms with Gasteiger partial charge in [0.15, 0.2) is 11.5 Å². The van der Waals surface area contributed by atoms with Gasteiger partial charge in [-0.3, -0.25) is 9.69 Å². The maximum atomic E-state index is 14.0. The van der Waals surface area contributed by atoms with Gasteiger partial charge in [-0.1, -0.05) is 18.2 Å². The van der Waals surface area contributed by atoms with Gasteiger partial charge in [0.1, 0.15) is 25.1 Å². The summed E-state index contributed by atoms with van der Waals surface area (Å²) >= 11 is 0. The largest absolute Gasteiger partial charge is 0.486 e. The van der Waals surface area contributed by atoms with E-state index in [0.717, 1.165) is 0 Å². The fourth-order valence-corrected chi connectivity index (χ4v) is 6.47. The Morgan fingerprint density at radius 1 is 0.971 bits per heavy atom. The van der Waals surface area contributed by atoms with Crippen molar-refractivity contribution in [2.24, 2.45) is 0 Å². The highest BCUT2D eigenvalue weighted by Crippen LogP contribution is 2.35. The minimum atomic E-state index is -3.86. The normalized spacial score (nSPS) is 21.6. The summed E-state index contributed by atoms with van der Waals surface area (Å²) in [5, 5.41) is 0. The Labute approximate surface area is 198 Å². The van der Waals surface area contributed by atoms with Crippen LogP contribution >= 0.6 is 0 Å². The smallest absolute Gasteiger partial charge is 0.243 e. The number of halogens is 1. The van der Waals surface area contributed by atoms with Crippen LogP contribution in [0.2, 0.25) is 0 Å². The van der Waals surface area contributed by atoms with Crippen LogP contribution in [0.3, 0.4) is 0 Å². The van der Waals surface area contributed by atoms with Gasteiger partial charge in [0.2, 0.25) is 15.9 Å². The standard InChI is InChI=1S/C24H28FN3O5S/c25-20-5-2-1-4-18(20)17-26-10-12-27(13-11-26)24(29)21-6-3-9-28(21)34(30,31)19-7-8-22-23(16-19)33-15-14-32-22/h1-2,4-5,7-8,16,21H,3,6,9-15,17H2. The van der Waals surface area contributed by atoms with Gasteiger partial charge in [-0.25, -0.2) is 12.8 Å². The molecular weight excluding hydrogens is 461 g/mol. The molecule has 0 aliphatic carbocycles. The van der Waals surface area contributed by atoms with Crippen molar-refractivity contribution in [1.82, 2.24) is 14.1 Å². The summed E-state index contributed by atoms with van der Waals surface area (Å²) in [6.07, 6.45) is 1.13. The van der Waals surface area contributed by atoms with Crippen LogP contribution in [0.15, 0.2) is 47.4 Å². The van der Waals surface area contributed by atoms with Crippen molar-refractivity contribution in [1.29, 1.82) is 0 Å². The molecule has 2 fully saturated rings. The van der Waals surface area contributed by atoms with Crippen LogP contribution in [0.5, 0.6) is 11.5 Å². The topological polar surface area (TPSA) is 79.4 Å². The van der Waals surface area contributed by atoms with Crippen LogP contribution in [0.25, 0.3) is 0 Å². The summed E-state index contributed by atoms with van der Waals surface area (Å²) in [7, 11) is -3.86. The highest BCUT2D eigenvalue weighted by Gasteiger charge is 2.42. The summed E-state index contributed by atoms with van der Waals surface area (Å²) in [6.45, 7) is 3.79. The van der Waals surface area contributed by atoms with E-state index in [0.29, 0.717) is 82.4 Å². The summed E-state index contributed by atoms with van der Waals surface area (Å²) in [6, 6.07) is 10.6. The van der Waals surface area contributed by atoms with Gasteiger partial charge in [0, 0.05) is 50.9 Å². The monoisotopic (exact) mass is 489 g/mol. The first-order valence-electron chi connectivity index (χ1n) is 11.6. The number of amides is 1. The van der Waals surface area contributed by atoms with E-state index in [-0.39, 0.29) is 16.6 Å². The van der Waals surface area contributed by atoms with Gasteiger partial charge in [-0.05, 0) is 31.0 Å². The average Bonchev–Trinajstić information content (AvgIpc) is 3.36. The zero-order valence-electron chi connectivity index (χ0n) is 18.9. The molecule has 182 valence electrons. The predicted molar refractivity (Wildman–Crippen MR) is 123 cm³/mol. The highest BCUT2D eigenvalue weighted by molar-refractivity contribution is 7.89. The molecule has 1 unspecified atom stereocenters. The zero-order chi connectivity index (χ0) is 23.7. The molecule has 0 aromatic heterocycles. The number of hydrogen-bond donors (Lipinski definition) is 0. The van der Waals surface area contributed by atoms with Gasteiger partial charge in [0.05, 0.1) is 4.90 Å². The zero-order valence-corrected chi connectivity index (χ0v) is 19.7. The molecule has 3 heterocycles. The van der Waals surface area contributed by atoms with Gasteiger partial charge in [-0.15, -0.1) is 0 Å². The van der Waals surface area contributed by atoms with Crippen molar-refractivity contribution in [2.75, 3.05) is 45.9 Å². The van der Waals surface area contributed by atoms with Gasteiger partial charge in [-0.2, -0.15) is 4.31 Å². The van der Waals surface area contributed by atoms with Crippen molar-refractivity contribution in [2.45, 2.75) is 30.3 Å². The number of nitrogens with zero attached hydrogens (tertiary/aromatic N) is 3. The molecule has 2 saturated heterocycles. The summed E-state index contributed by atoms with van der Waals surface area (Å²) in [5.41, 5.74) is 0.634. The van der Waals surface area contributed by atoms with Gasteiger partial charge >= 0.3 is 0 Å². The first-order chi connectivity index (χ1) is 16.4. The molecule has 3 aliphatic heterocycles.